The molecule has 2 rings (SSSR count). The predicted octanol–water partition coefficient (Wildman–Crippen LogP) is 1.87. The predicted molar refractivity (Wildman–Crippen MR) is 73.1 cm³/mol. The van der Waals surface area contributed by atoms with Gasteiger partial charge in [0.2, 0.25) is 0 Å². The van der Waals surface area contributed by atoms with E-state index in [9.17, 15) is 4.39 Å². The van der Waals surface area contributed by atoms with E-state index in [-0.39, 0.29) is 5.82 Å². The molecular formula is C12H18FN3S. The average Bonchev–Trinajstić information content (AvgIpc) is 2.35. The van der Waals surface area contributed by atoms with Crippen molar-refractivity contribution >= 4 is 23.1 Å². The number of nitrogen functional groups attached to an aromatic ring is 1. The minimum Gasteiger partial charge on any atom is -0.397 e. The Bertz CT molecular complexity index is 367. The third-order valence-electron chi connectivity index (χ3n) is 2.86. The van der Waals surface area contributed by atoms with E-state index in [0.717, 1.165) is 26.2 Å². The molecule has 1 aliphatic rings. The van der Waals surface area contributed by atoms with Crippen molar-refractivity contribution in [3.05, 3.63) is 24.0 Å². The highest BCUT2D eigenvalue weighted by atomic mass is 32.2. The second kappa shape index (κ2) is 6.12. The Morgan fingerprint density at radius 2 is 2.12 bits per heavy atom. The van der Waals surface area contributed by atoms with Gasteiger partial charge in [-0.15, -0.1) is 0 Å². The van der Waals surface area contributed by atoms with Gasteiger partial charge in [0.25, 0.3) is 0 Å². The number of nitrogens with one attached hydrogen (secondary N) is 1. The summed E-state index contributed by atoms with van der Waals surface area (Å²) in [5.41, 5.74) is 7.05. The number of benzene rings is 1. The van der Waals surface area contributed by atoms with E-state index in [0.29, 0.717) is 11.4 Å². The van der Waals surface area contributed by atoms with Crippen molar-refractivity contribution in [2.24, 2.45) is 0 Å². The van der Waals surface area contributed by atoms with Crippen LogP contribution in [0.4, 0.5) is 15.8 Å². The molecule has 0 spiro atoms. The van der Waals surface area contributed by atoms with E-state index in [4.69, 9.17) is 5.73 Å². The summed E-state index contributed by atoms with van der Waals surface area (Å²) in [7, 11) is 0. The third-order valence-corrected chi connectivity index (χ3v) is 3.81. The van der Waals surface area contributed by atoms with Gasteiger partial charge in [-0.3, -0.25) is 4.90 Å². The molecule has 0 bridgehead atoms. The van der Waals surface area contributed by atoms with Gasteiger partial charge in [0.15, 0.2) is 0 Å². The van der Waals surface area contributed by atoms with Gasteiger partial charge in [0, 0.05) is 37.7 Å². The standard InChI is InChI=1S/C12H18FN3S/c13-10-1-2-11(14)12(9-10)15-3-4-16-5-7-17-8-6-16/h1-2,9,15H,3-8,14H2. The molecule has 0 unspecified atom stereocenters. The summed E-state index contributed by atoms with van der Waals surface area (Å²) in [6.07, 6.45) is 0. The SMILES string of the molecule is Nc1ccc(F)cc1NCCN1CCSCC1. The van der Waals surface area contributed by atoms with Crippen molar-refractivity contribution in [2.45, 2.75) is 0 Å². The lowest BCUT2D eigenvalue weighted by Gasteiger charge is -2.26. The molecule has 0 aliphatic carbocycles. The van der Waals surface area contributed by atoms with Crippen molar-refractivity contribution in [2.75, 3.05) is 48.7 Å². The van der Waals surface area contributed by atoms with Gasteiger partial charge in [-0.1, -0.05) is 0 Å². The number of rotatable bonds is 4. The molecule has 0 amide bonds. The Kier molecular flexibility index (Phi) is 4.50. The topological polar surface area (TPSA) is 41.3 Å². The van der Waals surface area contributed by atoms with Crippen molar-refractivity contribution in [3.63, 3.8) is 0 Å². The van der Waals surface area contributed by atoms with Crippen LogP contribution in [-0.2, 0) is 0 Å². The second-order valence-corrected chi connectivity index (χ2v) is 5.34. The molecule has 3 nitrogen and oxygen atoms in total. The first kappa shape index (κ1) is 12.5. The normalized spacial score (nSPS) is 17.0. The van der Waals surface area contributed by atoms with Gasteiger partial charge in [-0.25, -0.2) is 4.39 Å². The molecule has 5 heteroatoms. The molecule has 94 valence electrons. The second-order valence-electron chi connectivity index (χ2n) is 4.11. The van der Waals surface area contributed by atoms with Gasteiger partial charge < -0.3 is 11.1 Å². The van der Waals surface area contributed by atoms with Crippen LogP contribution in [0.25, 0.3) is 0 Å². The number of halogens is 1. The fourth-order valence-electron chi connectivity index (χ4n) is 1.86. The maximum Gasteiger partial charge on any atom is 0.125 e. The smallest absolute Gasteiger partial charge is 0.125 e. The minimum absolute atomic E-state index is 0.254. The van der Waals surface area contributed by atoms with Crippen LogP contribution in [0.3, 0.4) is 0 Å². The Morgan fingerprint density at radius 3 is 2.88 bits per heavy atom. The molecular weight excluding hydrogens is 237 g/mol. The van der Waals surface area contributed by atoms with Gasteiger partial charge in [-0.05, 0) is 18.2 Å². The first-order valence-electron chi connectivity index (χ1n) is 5.85. The van der Waals surface area contributed by atoms with Crippen LogP contribution >= 0.6 is 11.8 Å². The van der Waals surface area contributed by atoms with Crippen LogP contribution in [0.5, 0.6) is 0 Å². The van der Waals surface area contributed by atoms with Crippen LogP contribution in [0.2, 0.25) is 0 Å². The Balaban J connectivity index is 1.79. The van der Waals surface area contributed by atoms with Gasteiger partial charge in [0.1, 0.15) is 5.82 Å². The van der Waals surface area contributed by atoms with E-state index in [1.165, 1.54) is 23.6 Å². The number of thioether (sulfide) groups is 1. The van der Waals surface area contributed by atoms with E-state index in [2.05, 4.69) is 10.2 Å². The molecule has 17 heavy (non-hydrogen) atoms. The van der Waals surface area contributed by atoms with Crippen molar-refractivity contribution < 1.29 is 4.39 Å². The maximum atomic E-state index is 13.0. The molecule has 1 fully saturated rings. The zero-order valence-corrected chi connectivity index (χ0v) is 10.6. The molecule has 1 aromatic rings. The first-order chi connectivity index (χ1) is 8.25. The zero-order chi connectivity index (χ0) is 12.1. The molecule has 0 saturated carbocycles. The molecule has 0 atom stereocenters. The average molecular weight is 255 g/mol. The molecule has 3 N–H and O–H groups in total. The molecule has 0 radical (unpaired) electrons. The quantitative estimate of drug-likeness (QED) is 0.806. The highest BCUT2D eigenvalue weighted by Gasteiger charge is 2.09. The number of hydrogen-bond acceptors (Lipinski definition) is 4. The van der Waals surface area contributed by atoms with Gasteiger partial charge in [0.05, 0.1) is 11.4 Å². The largest absolute Gasteiger partial charge is 0.397 e. The Hall–Kier alpha value is -0.940. The van der Waals surface area contributed by atoms with Crippen molar-refractivity contribution in [1.29, 1.82) is 0 Å². The zero-order valence-electron chi connectivity index (χ0n) is 9.79. The lowest BCUT2D eigenvalue weighted by molar-refractivity contribution is 0.314. The molecule has 0 aromatic heterocycles. The number of hydrogen-bond donors (Lipinski definition) is 2. The van der Waals surface area contributed by atoms with Crippen LogP contribution in [0.15, 0.2) is 18.2 Å². The fraction of sp³-hybridized carbons (Fsp3) is 0.500. The number of nitrogens with zero attached hydrogens (tertiary/aromatic N) is 1. The minimum atomic E-state index is -0.254. The monoisotopic (exact) mass is 255 g/mol. The maximum absolute atomic E-state index is 13.0. The summed E-state index contributed by atoms with van der Waals surface area (Å²) in [6, 6.07) is 4.42. The van der Waals surface area contributed by atoms with Crippen LogP contribution in [-0.4, -0.2) is 42.6 Å². The fourth-order valence-corrected chi connectivity index (χ4v) is 2.83. The Morgan fingerprint density at radius 1 is 1.35 bits per heavy atom. The van der Waals surface area contributed by atoms with E-state index < -0.39 is 0 Å². The van der Waals surface area contributed by atoms with Gasteiger partial charge in [-0.2, -0.15) is 11.8 Å². The first-order valence-corrected chi connectivity index (χ1v) is 7.00. The molecule has 1 saturated heterocycles. The lowest BCUT2D eigenvalue weighted by Crippen LogP contribution is -2.36. The van der Waals surface area contributed by atoms with Crippen LogP contribution in [0, 0.1) is 5.82 Å². The van der Waals surface area contributed by atoms with Crippen LogP contribution < -0.4 is 11.1 Å². The van der Waals surface area contributed by atoms with E-state index >= 15 is 0 Å². The third kappa shape index (κ3) is 3.78. The number of nitrogens with two attached hydrogens (primary N) is 1. The molecule has 1 heterocycles. The Labute approximate surface area is 106 Å². The highest BCUT2D eigenvalue weighted by Crippen LogP contribution is 2.18. The molecule has 1 aromatic carbocycles. The van der Waals surface area contributed by atoms with E-state index in [1.807, 2.05) is 11.8 Å². The summed E-state index contributed by atoms with van der Waals surface area (Å²) >= 11 is 2.00. The van der Waals surface area contributed by atoms with Crippen LogP contribution in [0.1, 0.15) is 0 Å². The highest BCUT2D eigenvalue weighted by molar-refractivity contribution is 7.99. The van der Waals surface area contributed by atoms with Gasteiger partial charge >= 0.3 is 0 Å². The number of anilines is 2. The molecule has 1 aliphatic heterocycles. The van der Waals surface area contributed by atoms with Crippen molar-refractivity contribution in [3.8, 4) is 0 Å². The summed E-state index contributed by atoms with van der Waals surface area (Å²) in [6.45, 7) is 4.07. The summed E-state index contributed by atoms with van der Waals surface area (Å²) in [5.74, 6) is 2.17. The van der Waals surface area contributed by atoms with Crippen molar-refractivity contribution in [1.82, 2.24) is 4.90 Å². The summed E-state index contributed by atoms with van der Waals surface area (Å²) in [5, 5.41) is 3.19. The van der Waals surface area contributed by atoms with E-state index in [1.54, 1.807) is 6.07 Å². The lowest BCUT2D eigenvalue weighted by atomic mass is 10.2. The summed E-state index contributed by atoms with van der Waals surface area (Å²) in [4.78, 5) is 2.42. The summed E-state index contributed by atoms with van der Waals surface area (Å²) < 4.78 is 13.0.